The normalized spacial score (nSPS) is 10.5. The van der Waals surface area contributed by atoms with Crippen LogP contribution in [0.1, 0.15) is 35.3 Å². The fourth-order valence-electron chi connectivity index (χ4n) is 2.57. The van der Waals surface area contributed by atoms with E-state index in [-0.39, 0.29) is 5.91 Å². The number of nitrogens with one attached hydrogen (secondary N) is 1. The van der Waals surface area contributed by atoms with Crippen LogP contribution in [0.25, 0.3) is 0 Å². The lowest BCUT2D eigenvalue weighted by Gasteiger charge is -2.22. The summed E-state index contributed by atoms with van der Waals surface area (Å²) in [5.74, 6) is -0.186. The molecule has 23 heavy (non-hydrogen) atoms. The molecule has 4 heteroatoms. The maximum atomic E-state index is 12.4. The largest absolute Gasteiger partial charge is 0.372 e. The average molecular weight is 331 g/mol. The number of halogens is 1. The lowest BCUT2D eigenvalue weighted by atomic mass is 10.1. The summed E-state index contributed by atoms with van der Waals surface area (Å²) >= 11 is 6.17. The summed E-state index contributed by atoms with van der Waals surface area (Å²) in [6.45, 7) is 10.1. The third-order valence-corrected chi connectivity index (χ3v) is 4.27. The van der Waals surface area contributed by atoms with Crippen molar-refractivity contribution in [2.45, 2.75) is 27.7 Å². The molecule has 0 aliphatic heterocycles. The van der Waals surface area contributed by atoms with E-state index in [9.17, 15) is 4.79 Å². The topological polar surface area (TPSA) is 32.3 Å². The Kier molecular flexibility index (Phi) is 5.67. The quantitative estimate of drug-likeness (QED) is 0.831. The third kappa shape index (κ3) is 4.05. The number of benzene rings is 2. The molecule has 0 atom stereocenters. The SMILES string of the molecule is CCN(CC)c1ccc(NC(=O)c2ccc(C)cc2Cl)c(C)c1. The maximum Gasteiger partial charge on any atom is 0.257 e. The van der Waals surface area contributed by atoms with Crippen molar-refractivity contribution >= 4 is 28.9 Å². The molecule has 0 saturated heterocycles. The van der Waals surface area contributed by atoms with Crippen LogP contribution in [0.15, 0.2) is 36.4 Å². The second-order valence-corrected chi connectivity index (χ2v) is 6.02. The Labute approximate surface area is 143 Å². The predicted octanol–water partition coefficient (Wildman–Crippen LogP) is 5.06. The van der Waals surface area contributed by atoms with E-state index in [0.717, 1.165) is 29.9 Å². The first-order chi connectivity index (χ1) is 11.0. The van der Waals surface area contributed by atoms with Crippen LogP contribution in [0, 0.1) is 13.8 Å². The molecule has 0 aromatic heterocycles. The van der Waals surface area contributed by atoms with E-state index in [2.05, 4.69) is 30.1 Å². The van der Waals surface area contributed by atoms with E-state index in [1.807, 2.05) is 32.0 Å². The Bertz CT molecular complexity index is 709. The van der Waals surface area contributed by atoms with Crippen LogP contribution in [0.2, 0.25) is 5.02 Å². The van der Waals surface area contributed by atoms with Gasteiger partial charge in [0.15, 0.2) is 0 Å². The van der Waals surface area contributed by atoms with Crippen molar-refractivity contribution in [3.63, 3.8) is 0 Å². The summed E-state index contributed by atoms with van der Waals surface area (Å²) in [7, 11) is 0. The van der Waals surface area contributed by atoms with Crippen LogP contribution in [0.4, 0.5) is 11.4 Å². The number of anilines is 2. The number of carbonyl (C=O) groups excluding carboxylic acids is 1. The highest BCUT2D eigenvalue weighted by atomic mass is 35.5. The standard InChI is InChI=1S/C19H23ClN2O/c1-5-22(6-2)15-8-10-18(14(4)12-15)21-19(23)16-9-7-13(3)11-17(16)20/h7-12H,5-6H2,1-4H3,(H,21,23). The summed E-state index contributed by atoms with van der Waals surface area (Å²) in [6.07, 6.45) is 0. The number of hydrogen-bond donors (Lipinski definition) is 1. The molecule has 0 fully saturated rings. The zero-order chi connectivity index (χ0) is 17.0. The van der Waals surface area contributed by atoms with Gasteiger partial charge in [0.25, 0.3) is 5.91 Å². The van der Waals surface area contributed by atoms with Crippen LogP contribution < -0.4 is 10.2 Å². The third-order valence-electron chi connectivity index (χ3n) is 3.96. The van der Waals surface area contributed by atoms with Gasteiger partial charge in [-0.05, 0) is 69.2 Å². The highest BCUT2D eigenvalue weighted by Gasteiger charge is 2.12. The van der Waals surface area contributed by atoms with Crippen LogP contribution in [-0.4, -0.2) is 19.0 Å². The predicted molar refractivity (Wildman–Crippen MR) is 98.9 cm³/mol. The van der Waals surface area contributed by atoms with Crippen molar-refractivity contribution < 1.29 is 4.79 Å². The molecule has 0 heterocycles. The molecule has 0 bridgehead atoms. The second-order valence-electron chi connectivity index (χ2n) is 5.61. The van der Waals surface area contributed by atoms with Crippen molar-refractivity contribution in [1.29, 1.82) is 0 Å². The first kappa shape index (κ1) is 17.4. The van der Waals surface area contributed by atoms with Gasteiger partial charge in [0, 0.05) is 24.5 Å². The Morgan fingerprint density at radius 1 is 1.09 bits per heavy atom. The van der Waals surface area contributed by atoms with Gasteiger partial charge in [0.2, 0.25) is 0 Å². The van der Waals surface area contributed by atoms with Gasteiger partial charge in [-0.25, -0.2) is 0 Å². The fourth-order valence-corrected chi connectivity index (χ4v) is 2.89. The molecular formula is C19H23ClN2O. The van der Waals surface area contributed by atoms with Gasteiger partial charge in [-0.15, -0.1) is 0 Å². The summed E-state index contributed by atoms with van der Waals surface area (Å²) in [6, 6.07) is 11.5. The van der Waals surface area contributed by atoms with Gasteiger partial charge < -0.3 is 10.2 Å². The highest BCUT2D eigenvalue weighted by Crippen LogP contribution is 2.24. The van der Waals surface area contributed by atoms with Crippen LogP contribution in [-0.2, 0) is 0 Å². The number of aryl methyl sites for hydroxylation is 2. The van der Waals surface area contributed by atoms with E-state index < -0.39 is 0 Å². The van der Waals surface area contributed by atoms with E-state index >= 15 is 0 Å². The molecular weight excluding hydrogens is 308 g/mol. The Morgan fingerprint density at radius 3 is 2.35 bits per heavy atom. The summed E-state index contributed by atoms with van der Waals surface area (Å²) in [5.41, 5.74) is 4.53. The number of nitrogens with zero attached hydrogens (tertiary/aromatic N) is 1. The van der Waals surface area contributed by atoms with Gasteiger partial charge in [-0.3, -0.25) is 4.79 Å². The molecule has 2 aromatic rings. The maximum absolute atomic E-state index is 12.4. The lowest BCUT2D eigenvalue weighted by Crippen LogP contribution is -2.22. The van der Waals surface area contributed by atoms with E-state index in [0.29, 0.717) is 10.6 Å². The van der Waals surface area contributed by atoms with E-state index in [4.69, 9.17) is 11.6 Å². The molecule has 122 valence electrons. The van der Waals surface area contributed by atoms with Crippen LogP contribution >= 0.6 is 11.6 Å². The Hall–Kier alpha value is -2.00. The summed E-state index contributed by atoms with van der Waals surface area (Å²) in [5, 5.41) is 3.42. The first-order valence-electron chi connectivity index (χ1n) is 7.89. The molecule has 0 unspecified atom stereocenters. The zero-order valence-electron chi connectivity index (χ0n) is 14.1. The second kappa shape index (κ2) is 7.51. The fraction of sp³-hybridized carbons (Fsp3) is 0.316. The Morgan fingerprint density at radius 2 is 1.78 bits per heavy atom. The van der Waals surface area contributed by atoms with Gasteiger partial charge in [0.1, 0.15) is 0 Å². The molecule has 2 aromatic carbocycles. The van der Waals surface area contributed by atoms with E-state index in [1.54, 1.807) is 12.1 Å². The first-order valence-corrected chi connectivity index (χ1v) is 8.27. The lowest BCUT2D eigenvalue weighted by molar-refractivity contribution is 0.102. The number of amides is 1. The summed E-state index contributed by atoms with van der Waals surface area (Å²) in [4.78, 5) is 14.7. The van der Waals surface area contributed by atoms with E-state index in [1.165, 1.54) is 5.69 Å². The van der Waals surface area contributed by atoms with Gasteiger partial charge in [-0.2, -0.15) is 0 Å². The minimum Gasteiger partial charge on any atom is -0.372 e. The molecule has 0 spiro atoms. The Balaban J connectivity index is 2.21. The molecule has 1 amide bonds. The minimum atomic E-state index is -0.186. The molecule has 2 rings (SSSR count). The molecule has 3 nitrogen and oxygen atoms in total. The van der Waals surface area contributed by atoms with Crippen LogP contribution in [0.3, 0.4) is 0 Å². The molecule has 0 aliphatic rings. The van der Waals surface area contributed by atoms with Crippen LogP contribution in [0.5, 0.6) is 0 Å². The molecule has 0 aliphatic carbocycles. The molecule has 1 N–H and O–H groups in total. The van der Waals surface area contributed by atoms with Gasteiger partial charge >= 0.3 is 0 Å². The van der Waals surface area contributed by atoms with Crippen molar-refractivity contribution in [1.82, 2.24) is 0 Å². The zero-order valence-corrected chi connectivity index (χ0v) is 14.9. The monoisotopic (exact) mass is 330 g/mol. The van der Waals surface area contributed by atoms with Gasteiger partial charge in [0.05, 0.1) is 10.6 Å². The number of hydrogen-bond acceptors (Lipinski definition) is 2. The van der Waals surface area contributed by atoms with Crippen molar-refractivity contribution in [2.75, 3.05) is 23.3 Å². The van der Waals surface area contributed by atoms with Crippen molar-refractivity contribution in [3.8, 4) is 0 Å². The molecule has 0 radical (unpaired) electrons. The smallest absolute Gasteiger partial charge is 0.257 e. The highest BCUT2D eigenvalue weighted by molar-refractivity contribution is 6.34. The minimum absolute atomic E-state index is 0.186. The number of rotatable bonds is 5. The average Bonchev–Trinajstić information content (AvgIpc) is 2.51. The molecule has 0 saturated carbocycles. The van der Waals surface area contributed by atoms with Crippen molar-refractivity contribution in [2.24, 2.45) is 0 Å². The summed E-state index contributed by atoms with van der Waals surface area (Å²) < 4.78 is 0. The van der Waals surface area contributed by atoms with Gasteiger partial charge in [-0.1, -0.05) is 17.7 Å². The number of carbonyl (C=O) groups is 1. The van der Waals surface area contributed by atoms with Crippen molar-refractivity contribution in [3.05, 3.63) is 58.1 Å².